The summed E-state index contributed by atoms with van der Waals surface area (Å²) in [5.74, 6) is 0. The maximum Gasteiger partial charge on any atom is 0.249 e. The van der Waals surface area contributed by atoms with Crippen molar-refractivity contribution in [1.82, 2.24) is 4.57 Å². The molecule has 0 fully saturated rings. The molecule has 0 saturated heterocycles. The van der Waals surface area contributed by atoms with Crippen molar-refractivity contribution in [2.24, 2.45) is 0 Å². The quantitative estimate of drug-likeness (QED) is 0.155. The summed E-state index contributed by atoms with van der Waals surface area (Å²) >= 11 is 9.28. The van der Waals surface area contributed by atoms with Gasteiger partial charge in [0.15, 0.2) is 0 Å². The number of hydrogen-bond acceptors (Lipinski definition) is 3. The lowest BCUT2D eigenvalue weighted by molar-refractivity contribution is 0.662. The average Bonchev–Trinajstić information content (AvgIpc) is 4.00. The Morgan fingerprint density at radius 1 is 0.403 bits per heavy atom. The topological polar surface area (TPSA) is 21.3 Å². The van der Waals surface area contributed by atoms with Crippen LogP contribution in [-0.2, 0) is 0 Å². The number of nitrogens with zero attached hydrogens (tertiary/aromatic N) is 2. The molecule has 0 amide bonds. The molecule has 6 heteroatoms. The van der Waals surface area contributed by atoms with Crippen molar-refractivity contribution in [1.29, 1.82) is 0 Å². The van der Waals surface area contributed by atoms with Crippen molar-refractivity contribution >= 4 is 107 Å². The zero-order chi connectivity index (χ0) is 47.4. The Kier molecular flexibility index (Phi) is 9.35. The lowest BCUT2D eigenvalue weighted by Gasteiger charge is -2.42. The molecule has 0 bridgehead atoms. The van der Waals surface area contributed by atoms with E-state index in [0.717, 1.165) is 110 Å². The first-order valence-electron chi connectivity index (χ1n) is 24.5. The molecule has 0 radical (unpaired) electrons. The van der Waals surface area contributed by atoms with E-state index in [4.69, 9.17) is 16.0 Å². The Bertz CT molecular complexity index is 4210. The molecule has 0 unspecified atom stereocenters. The van der Waals surface area contributed by atoms with Gasteiger partial charge in [-0.2, -0.15) is 0 Å². The van der Waals surface area contributed by atoms with Gasteiger partial charge in [0, 0.05) is 65.2 Å². The average molecular weight is 955 g/mol. The van der Waals surface area contributed by atoms with Crippen LogP contribution in [0.25, 0.3) is 93.9 Å². The summed E-state index contributed by atoms with van der Waals surface area (Å²) in [4.78, 5) is 4.79. The summed E-state index contributed by atoms with van der Waals surface area (Å²) in [6.45, 7) is -0.128. The summed E-state index contributed by atoms with van der Waals surface area (Å²) in [5, 5.41) is 5.35. The summed E-state index contributed by atoms with van der Waals surface area (Å²) < 4.78 is 9.59. The number of anilines is 3. The molecule has 2 aliphatic rings. The maximum atomic E-state index is 7.50. The van der Waals surface area contributed by atoms with Crippen LogP contribution in [0.2, 0.25) is 5.02 Å². The largest absolute Gasteiger partial charge is 0.454 e. The minimum absolute atomic E-state index is 0.128. The van der Waals surface area contributed by atoms with Gasteiger partial charge in [0.25, 0.3) is 0 Å². The number of aromatic nitrogens is 1. The van der Waals surface area contributed by atoms with Crippen molar-refractivity contribution in [3.63, 3.8) is 0 Å². The van der Waals surface area contributed by atoms with E-state index >= 15 is 0 Å². The Balaban J connectivity index is 1.06. The first kappa shape index (κ1) is 41.3. The van der Waals surface area contributed by atoms with Crippen LogP contribution < -0.4 is 21.3 Å². The van der Waals surface area contributed by atoms with E-state index in [0.29, 0.717) is 5.02 Å². The summed E-state index contributed by atoms with van der Waals surface area (Å²) in [6.07, 6.45) is 0. The SMILES string of the molecule is Clc1cc2c3c(c1)N(c1c(-c4ccccc4)cc(-c4ccccc4)cc1-c1ccccc1)c1cc(-n4c5ccccc5c5ccccc54)ccc1B3c1ccc3c(oc4c(-c5ccccc5)cccc43)c1S2. The molecule has 15 rings (SSSR count). The molecular formula is C66H40BClN2OS. The van der Waals surface area contributed by atoms with Gasteiger partial charge in [-0.05, 0) is 87.3 Å². The highest BCUT2D eigenvalue weighted by molar-refractivity contribution is 8.00. The van der Waals surface area contributed by atoms with Gasteiger partial charge in [0.05, 0.1) is 21.6 Å². The number of furan rings is 1. The fraction of sp³-hybridized carbons (Fsp3) is 0. The first-order valence-corrected chi connectivity index (χ1v) is 25.7. The molecule has 2 aliphatic heterocycles. The third-order valence-electron chi connectivity index (χ3n) is 14.9. The molecule has 0 saturated carbocycles. The number of para-hydroxylation sites is 3. The third-order valence-corrected chi connectivity index (χ3v) is 16.3. The van der Waals surface area contributed by atoms with Crippen LogP contribution in [0.1, 0.15) is 0 Å². The van der Waals surface area contributed by atoms with Crippen LogP contribution >= 0.6 is 23.4 Å². The van der Waals surface area contributed by atoms with Crippen molar-refractivity contribution in [3.8, 4) is 50.2 Å². The fourth-order valence-corrected chi connectivity index (χ4v) is 13.3. The highest BCUT2D eigenvalue weighted by Gasteiger charge is 2.43. The molecule has 0 N–H and O–H groups in total. The molecule has 0 atom stereocenters. The van der Waals surface area contributed by atoms with Crippen molar-refractivity contribution < 1.29 is 4.42 Å². The van der Waals surface area contributed by atoms with E-state index in [9.17, 15) is 0 Å². The molecular weight excluding hydrogens is 915 g/mol. The zero-order valence-electron chi connectivity index (χ0n) is 38.8. The number of rotatable bonds is 6. The van der Waals surface area contributed by atoms with Gasteiger partial charge < -0.3 is 13.9 Å². The first-order chi connectivity index (χ1) is 35.6. The minimum Gasteiger partial charge on any atom is -0.454 e. The Morgan fingerprint density at radius 2 is 0.944 bits per heavy atom. The number of benzene rings is 11. The fourth-order valence-electron chi connectivity index (χ4n) is 11.8. The molecule has 13 aromatic rings. The van der Waals surface area contributed by atoms with Crippen molar-refractivity contribution in [3.05, 3.63) is 248 Å². The molecule has 2 aromatic heterocycles. The normalized spacial score (nSPS) is 12.7. The van der Waals surface area contributed by atoms with Gasteiger partial charge in [-0.15, -0.1) is 0 Å². The standard InChI is InChI=1S/C66H40BClN2OS/c68-46-38-60-62-61(39-46)72-66-56(35-33-52-51-29-17-28-48(64(51)71-65(52)66)42-20-7-2-8-21-42)67(62)55-34-32-47(69-57-30-15-13-26-49(57)50-27-14-16-31-58(50)69)40-59(55)70(60)63-53(43-22-9-3-10-23-43)36-45(41-18-5-1-6-19-41)37-54(63)44-24-11-4-12-25-44/h1-40H. The molecule has 0 aliphatic carbocycles. The number of hydrogen-bond donors (Lipinski definition) is 0. The minimum atomic E-state index is -0.128. The van der Waals surface area contributed by atoms with E-state index in [2.05, 4.69) is 252 Å². The van der Waals surface area contributed by atoms with Crippen LogP contribution in [0.3, 0.4) is 0 Å². The second-order valence-electron chi connectivity index (χ2n) is 18.8. The van der Waals surface area contributed by atoms with Gasteiger partial charge in [-0.1, -0.05) is 223 Å². The third kappa shape index (κ3) is 6.27. The van der Waals surface area contributed by atoms with Crippen molar-refractivity contribution in [2.75, 3.05) is 4.90 Å². The number of fused-ring (bicyclic) bond motifs is 11. The maximum absolute atomic E-state index is 7.50. The second kappa shape index (κ2) is 16.3. The lowest BCUT2D eigenvalue weighted by Crippen LogP contribution is -2.59. The molecule has 72 heavy (non-hydrogen) atoms. The molecule has 4 heterocycles. The van der Waals surface area contributed by atoms with Gasteiger partial charge in [0.2, 0.25) is 6.71 Å². The molecule has 11 aromatic carbocycles. The highest BCUT2D eigenvalue weighted by atomic mass is 35.5. The van der Waals surface area contributed by atoms with Gasteiger partial charge in [-0.25, -0.2) is 0 Å². The Morgan fingerprint density at radius 3 is 1.58 bits per heavy atom. The highest BCUT2D eigenvalue weighted by Crippen LogP contribution is 2.52. The van der Waals surface area contributed by atoms with Crippen LogP contribution in [0.4, 0.5) is 17.1 Å². The van der Waals surface area contributed by atoms with Gasteiger partial charge in [0.1, 0.15) is 11.2 Å². The van der Waals surface area contributed by atoms with Crippen LogP contribution in [0.15, 0.2) is 257 Å². The second-order valence-corrected chi connectivity index (χ2v) is 20.3. The van der Waals surface area contributed by atoms with E-state index in [1.165, 1.54) is 27.2 Å². The van der Waals surface area contributed by atoms with E-state index in [1.807, 2.05) is 0 Å². The van der Waals surface area contributed by atoms with Gasteiger partial charge >= 0.3 is 0 Å². The summed E-state index contributed by atoms with van der Waals surface area (Å²) in [7, 11) is 0. The molecule has 0 spiro atoms. The monoisotopic (exact) mass is 954 g/mol. The predicted octanol–water partition coefficient (Wildman–Crippen LogP) is 16.8. The van der Waals surface area contributed by atoms with Crippen LogP contribution in [0, 0.1) is 0 Å². The van der Waals surface area contributed by atoms with Gasteiger partial charge in [-0.3, -0.25) is 0 Å². The predicted molar refractivity (Wildman–Crippen MR) is 305 cm³/mol. The van der Waals surface area contributed by atoms with Crippen molar-refractivity contribution in [2.45, 2.75) is 9.79 Å². The molecule has 336 valence electrons. The van der Waals surface area contributed by atoms with E-state index in [-0.39, 0.29) is 6.71 Å². The Hall–Kier alpha value is -8.48. The lowest BCUT2D eigenvalue weighted by atomic mass is 9.35. The van der Waals surface area contributed by atoms with E-state index < -0.39 is 0 Å². The molecule has 3 nitrogen and oxygen atoms in total. The summed E-state index contributed by atoms with van der Waals surface area (Å²) in [5.41, 5.74) is 21.2. The van der Waals surface area contributed by atoms with E-state index in [1.54, 1.807) is 11.8 Å². The Labute approximate surface area is 426 Å². The summed E-state index contributed by atoms with van der Waals surface area (Å²) in [6, 6.07) is 88.1. The van der Waals surface area contributed by atoms with Crippen LogP contribution in [0.5, 0.6) is 0 Å². The zero-order valence-corrected chi connectivity index (χ0v) is 40.3. The number of halogens is 1. The van der Waals surface area contributed by atoms with Crippen LogP contribution in [-0.4, -0.2) is 11.3 Å². The smallest absolute Gasteiger partial charge is 0.249 e.